The summed E-state index contributed by atoms with van der Waals surface area (Å²) in [6.07, 6.45) is 6.23. The monoisotopic (exact) mass is 1470 g/mol. The fourth-order valence-corrected chi connectivity index (χ4v) is 15.8. The molecule has 0 aliphatic carbocycles. The number of hydrogen-bond acceptors (Lipinski definition) is 9. The van der Waals surface area contributed by atoms with Crippen molar-refractivity contribution in [3.63, 3.8) is 0 Å². The van der Waals surface area contributed by atoms with Crippen molar-refractivity contribution in [3.8, 4) is 5.75 Å². The molecular weight excluding hydrogens is 1370 g/mol. The Hall–Kier alpha value is -6.13. The average Bonchev–Trinajstić information content (AvgIpc) is 1.84. The number of ether oxygens (including phenoxy) is 1. The third-order valence-corrected chi connectivity index (χ3v) is 22.8. The number of aryl methyl sites for hydroxylation is 3. The molecule has 8 aromatic rings. The molecule has 11 nitrogen and oxygen atoms in total. The molecule has 11 rings (SSSR count). The number of rotatable bonds is 15. The van der Waals surface area contributed by atoms with Gasteiger partial charge in [-0.15, -0.1) is 0 Å². The minimum absolute atomic E-state index is 0. The Kier molecular flexibility index (Phi) is 33.5. The van der Waals surface area contributed by atoms with Crippen LogP contribution in [0.15, 0.2) is 212 Å². The third-order valence-electron chi connectivity index (χ3n) is 17.9. The summed E-state index contributed by atoms with van der Waals surface area (Å²) in [5, 5.41) is 21.0. The normalized spacial score (nSPS) is 15.4. The second-order valence-electron chi connectivity index (χ2n) is 27.5. The maximum Gasteiger partial charge on any atom is 0.457 e. The van der Waals surface area contributed by atoms with Crippen LogP contribution in [0.5, 0.6) is 5.75 Å². The Morgan fingerprint density at radius 3 is 1.26 bits per heavy atom. The first-order chi connectivity index (χ1) is 46.1. The molecule has 2 amide bonds. The van der Waals surface area contributed by atoms with Crippen molar-refractivity contribution in [2.75, 3.05) is 13.2 Å². The van der Waals surface area contributed by atoms with Crippen LogP contribution in [-0.2, 0) is 54.0 Å². The number of nitrogens with one attached hydrogen (secondary N) is 1. The van der Waals surface area contributed by atoms with E-state index < -0.39 is 21.8 Å². The molecule has 3 saturated heterocycles. The summed E-state index contributed by atoms with van der Waals surface area (Å²) in [5.74, 6) is 0.407. The van der Waals surface area contributed by atoms with Crippen LogP contribution >= 0.6 is 27.4 Å². The van der Waals surface area contributed by atoms with Gasteiger partial charge < -0.3 is 44.9 Å². The molecule has 1 radical (unpaired) electrons. The Morgan fingerprint density at radius 2 is 0.959 bits per heavy atom. The number of amides is 2. The van der Waals surface area contributed by atoms with E-state index in [-0.39, 0.29) is 72.1 Å². The van der Waals surface area contributed by atoms with Crippen molar-refractivity contribution in [2.24, 2.45) is 5.41 Å². The maximum atomic E-state index is 13.9. The Labute approximate surface area is 607 Å². The van der Waals surface area contributed by atoms with Crippen LogP contribution in [0.4, 0.5) is 0 Å². The topological polar surface area (TPSA) is 133 Å². The Bertz CT molecular complexity index is 3300. The second-order valence-corrected chi connectivity index (χ2v) is 32.1. The molecule has 1 atom stereocenters. The van der Waals surface area contributed by atoms with Crippen LogP contribution in [0, 0.1) is 26.2 Å². The maximum absolute atomic E-state index is 13.9. The van der Waals surface area contributed by atoms with Gasteiger partial charge in [-0.2, -0.15) is 5.75 Å². The van der Waals surface area contributed by atoms with Gasteiger partial charge in [0, 0.05) is 49.4 Å². The number of phenols is 1. The zero-order valence-electron chi connectivity index (χ0n) is 60.2. The number of hydrazine groups is 1. The average molecular weight is 1470 g/mol. The molecule has 3 heterocycles. The van der Waals surface area contributed by atoms with E-state index in [9.17, 15) is 14.7 Å². The molecule has 3 aliphatic heterocycles. The van der Waals surface area contributed by atoms with Crippen molar-refractivity contribution in [2.45, 2.75) is 177 Å². The minimum atomic E-state index is -0.446. The minimum Gasteiger partial charge on any atom is -0.525 e. The van der Waals surface area contributed by atoms with Crippen LogP contribution in [0.3, 0.4) is 0 Å². The van der Waals surface area contributed by atoms with E-state index in [1.54, 1.807) is 19.1 Å². The quantitative estimate of drug-likeness (QED) is 0.0338. The molecular formula is C81H102B2ClN2O9P2Rh-. The first kappa shape index (κ1) is 82.5. The Morgan fingerprint density at radius 1 is 0.602 bits per heavy atom. The molecule has 0 aromatic heterocycles. The second kappa shape index (κ2) is 39.8. The molecule has 98 heavy (non-hydrogen) atoms. The van der Waals surface area contributed by atoms with Gasteiger partial charge >= 0.3 is 14.8 Å². The van der Waals surface area contributed by atoms with Crippen LogP contribution in [0.25, 0.3) is 0 Å². The van der Waals surface area contributed by atoms with E-state index in [0.717, 1.165) is 54.9 Å². The van der Waals surface area contributed by atoms with E-state index in [1.807, 2.05) is 87.4 Å². The van der Waals surface area contributed by atoms with Crippen LogP contribution < -0.4 is 37.3 Å². The van der Waals surface area contributed by atoms with E-state index >= 15 is 0 Å². The van der Waals surface area contributed by atoms with Crippen molar-refractivity contribution in [1.29, 1.82) is 0 Å². The Balaban J connectivity index is 0.000000254. The predicted molar refractivity (Wildman–Crippen MR) is 409 cm³/mol. The van der Waals surface area contributed by atoms with Crippen LogP contribution in [0.2, 0.25) is 6.32 Å². The van der Waals surface area contributed by atoms with Crippen LogP contribution in [0.1, 0.15) is 158 Å². The summed E-state index contributed by atoms with van der Waals surface area (Å²) < 4.78 is 27.8. The van der Waals surface area contributed by atoms with Crippen molar-refractivity contribution >= 4 is 91.6 Å². The molecule has 3 fully saturated rings. The predicted octanol–water partition coefficient (Wildman–Crippen LogP) is 16.2. The number of halogens is 1. The number of carbonyl (C=O) groups excluding carboxylic acids is 3. The smallest absolute Gasteiger partial charge is 0.457 e. The van der Waals surface area contributed by atoms with Gasteiger partial charge in [0.2, 0.25) is 0 Å². The number of aromatic hydroxyl groups is 1. The zero-order valence-corrected chi connectivity index (χ0v) is 64.4. The molecule has 3 aliphatic rings. The van der Waals surface area contributed by atoms with Gasteiger partial charge in [0.25, 0.3) is 11.8 Å². The van der Waals surface area contributed by atoms with Gasteiger partial charge in [-0.05, 0) is 185 Å². The SMILES string of the molecule is C1CCOC1.CC1(C)OBOC1(C)C.CCC[C@@H](N(NC(=O)c1ccc(CCCB2OC(C)(C)C(C)(C)O2)c(O)c1C)C(=O)c1cc(C)cc(C)c1)C(C)(C)C.O=[C-]Cl.[Rh].c1ccc(P(c2ccccc2)c2ccccc2)cc1.c1ccc(P(c2ccccc2)c2ccccc2)cc1. The molecule has 0 spiro atoms. The van der Waals surface area contributed by atoms with E-state index in [1.165, 1.54) is 49.7 Å². The summed E-state index contributed by atoms with van der Waals surface area (Å²) in [7, 11) is -0.750. The van der Waals surface area contributed by atoms with E-state index in [2.05, 4.69) is 227 Å². The van der Waals surface area contributed by atoms with Gasteiger partial charge in [0.15, 0.2) is 0 Å². The summed E-state index contributed by atoms with van der Waals surface area (Å²) >= 11 is 4.19. The fraction of sp³-hybridized carbons (Fsp3) is 0.370. The molecule has 0 unspecified atom stereocenters. The van der Waals surface area contributed by atoms with Gasteiger partial charge in [-0.3, -0.25) is 15.0 Å². The number of hydrogen-bond donors (Lipinski definition) is 2. The van der Waals surface area contributed by atoms with Gasteiger partial charge in [0.1, 0.15) is 5.75 Å². The van der Waals surface area contributed by atoms with Gasteiger partial charge in [0.05, 0.1) is 28.4 Å². The zero-order chi connectivity index (χ0) is 70.8. The molecule has 0 bridgehead atoms. The first-order valence-corrected chi connectivity index (χ1v) is 36.8. The molecule has 8 aromatic carbocycles. The first-order valence-electron chi connectivity index (χ1n) is 33.8. The molecule has 17 heteroatoms. The molecule has 523 valence electrons. The van der Waals surface area contributed by atoms with Crippen LogP contribution in [-0.4, -0.2) is 84.1 Å². The molecule has 2 N–H and O–H groups in total. The standard InChI is InChI=1S/C34H51BN2O5.2C18H15P.C6H13BO2.C4H8O.CClO.Rh/c1-12-14-28(32(5,6)7)37(31(40)26-20-22(2)19-23(3)21-26)36-30(39)27-17-16-25(29(38)24(27)4)15-13-18-35-41-33(8,9)34(10,11)42-35;2*1-4-10-16(11-5-1)19(17-12-6-2-7-13-17)18-14-8-3-9-15-18;1-5(2)6(3,4)9-7-8-5;1-2-4-5-3-1;2-1-3;/h16-17,19-21,28,38H,12-15,18H2,1-11H3,(H,36,39);2*1-15H;7H,1-4H3;1-4H2;;/q;;;;;-1;/t28-;;;;;;/m1....../s1. The van der Waals surface area contributed by atoms with Gasteiger partial charge in [-0.25, -0.2) is 5.01 Å². The summed E-state index contributed by atoms with van der Waals surface area (Å²) in [6, 6.07) is 73.7. The summed E-state index contributed by atoms with van der Waals surface area (Å²) in [5.41, 5.74) is 5.76. The number of carbonyl (C=O) groups is 2. The summed E-state index contributed by atoms with van der Waals surface area (Å²) in [6.45, 7) is 32.3. The molecule has 0 saturated carbocycles. The van der Waals surface area contributed by atoms with Crippen molar-refractivity contribution < 1.29 is 62.3 Å². The number of nitrogens with zero attached hydrogens (tertiary/aromatic N) is 1. The van der Waals surface area contributed by atoms with E-state index in [0.29, 0.717) is 37.1 Å². The largest absolute Gasteiger partial charge is 0.525 e. The van der Waals surface area contributed by atoms with Crippen molar-refractivity contribution in [1.82, 2.24) is 10.4 Å². The number of benzene rings is 8. The van der Waals surface area contributed by atoms with Gasteiger partial charge in [-0.1, -0.05) is 246 Å². The summed E-state index contributed by atoms with van der Waals surface area (Å²) in [4.78, 5) is 36.1. The number of phenolic OH excluding ortho intramolecular Hbond substituents is 1. The van der Waals surface area contributed by atoms with E-state index in [4.69, 9.17) is 28.1 Å². The third kappa shape index (κ3) is 24.3. The fourth-order valence-electron chi connectivity index (χ4n) is 11.2. The van der Waals surface area contributed by atoms with Crippen molar-refractivity contribution in [3.05, 3.63) is 246 Å².